The fourth-order valence-electron chi connectivity index (χ4n) is 1.93. The molecule has 1 aromatic carbocycles. The monoisotopic (exact) mass is 273 g/mol. The third-order valence-corrected chi connectivity index (χ3v) is 3.42. The molecule has 1 aromatic heterocycles. The largest absolute Gasteiger partial charge is 0.394 e. The maximum Gasteiger partial charge on any atom is 0.317 e. The second kappa shape index (κ2) is 6.34. The first-order valence-corrected chi connectivity index (χ1v) is 6.57. The number of hydrogen-bond acceptors (Lipinski definition) is 3. The van der Waals surface area contributed by atoms with Crippen LogP contribution in [0.4, 0.5) is 4.79 Å². The summed E-state index contributed by atoms with van der Waals surface area (Å²) < 4.78 is 0. The van der Waals surface area contributed by atoms with E-state index >= 15 is 0 Å². The van der Waals surface area contributed by atoms with Gasteiger partial charge in [-0.3, -0.25) is 4.98 Å². The number of pyridine rings is 1. The molecule has 0 aliphatic rings. The van der Waals surface area contributed by atoms with E-state index in [0.29, 0.717) is 6.54 Å². The van der Waals surface area contributed by atoms with E-state index in [-0.39, 0.29) is 18.7 Å². The van der Waals surface area contributed by atoms with E-state index in [1.165, 1.54) is 4.90 Å². The fraction of sp³-hybridized carbons (Fsp3) is 0.333. The maximum atomic E-state index is 11.9. The number of urea groups is 1. The van der Waals surface area contributed by atoms with Gasteiger partial charge in [-0.15, -0.1) is 0 Å². The van der Waals surface area contributed by atoms with Crippen LogP contribution in [0, 0.1) is 0 Å². The molecule has 2 rings (SSSR count). The summed E-state index contributed by atoms with van der Waals surface area (Å²) in [5.41, 5.74) is 1.94. The highest BCUT2D eigenvalue weighted by Crippen LogP contribution is 2.15. The predicted octanol–water partition coefficient (Wildman–Crippen LogP) is 1.76. The molecule has 0 aliphatic heterocycles. The zero-order chi connectivity index (χ0) is 14.5. The molecule has 0 fully saturated rings. The van der Waals surface area contributed by atoms with Gasteiger partial charge in [0.05, 0.1) is 18.2 Å². The molecule has 5 nitrogen and oxygen atoms in total. The van der Waals surface area contributed by atoms with Gasteiger partial charge in [-0.05, 0) is 24.6 Å². The number of likely N-dealkylation sites (N-methyl/N-ethyl adjacent to an activating group) is 1. The number of rotatable bonds is 4. The molecule has 1 atom stereocenters. The van der Waals surface area contributed by atoms with Crippen molar-refractivity contribution in [2.75, 3.05) is 13.7 Å². The van der Waals surface area contributed by atoms with Crippen LogP contribution in [-0.2, 0) is 6.54 Å². The molecular weight excluding hydrogens is 254 g/mol. The Hall–Kier alpha value is -2.14. The standard InChI is InChI=1S/C15H19N3O2/c1-11(10-19)18(2)15(20)17-9-12-7-8-16-14-6-4-3-5-13(12)14/h3-8,11,19H,9-10H2,1-2H3,(H,17,20). The van der Waals surface area contributed by atoms with Gasteiger partial charge < -0.3 is 15.3 Å². The Morgan fingerprint density at radius 1 is 1.40 bits per heavy atom. The molecule has 0 saturated carbocycles. The van der Waals surface area contributed by atoms with E-state index in [4.69, 9.17) is 5.11 Å². The molecule has 106 valence electrons. The number of nitrogens with zero attached hydrogens (tertiary/aromatic N) is 2. The highest BCUT2D eigenvalue weighted by atomic mass is 16.3. The molecule has 2 amide bonds. The third-order valence-electron chi connectivity index (χ3n) is 3.42. The Bertz CT molecular complexity index is 595. The van der Waals surface area contributed by atoms with Crippen LogP contribution in [0.15, 0.2) is 36.5 Å². The van der Waals surface area contributed by atoms with Gasteiger partial charge >= 0.3 is 6.03 Å². The van der Waals surface area contributed by atoms with Crippen LogP contribution >= 0.6 is 0 Å². The van der Waals surface area contributed by atoms with Crippen molar-refractivity contribution >= 4 is 16.9 Å². The predicted molar refractivity (Wildman–Crippen MR) is 78.3 cm³/mol. The maximum absolute atomic E-state index is 11.9. The van der Waals surface area contributed by atoms with Gasteiger partial charge in [-0.25, -0.2) is 4.79 Å². The fourth-order valence-corrected chi connectivity index (χ4v) is 1.93. The highest BCUT2D eigenvalue weighted by molar-refractivity contribution is 5.82. The van der Waals surface area contributed by atoms with Gasteiger partial charge in [0.25, 0.3) is 0 Å². The topological polar surface area (TPSA) is 65.5 Å². The Morgan fingerprint density at radius 2 is 2.15 bits per heavy atom. The third kappa shape index (κ3) is 3.05. The number of carbonyl (C=O) groups is 1. The molecule has 5 heteroatoms. The smallest absolute Gasteiger partial charge is 0.317 e. The van der Waals surface area contributed by atoms with Crippen molar-refractivity contribution in [3.05, 3.63) is 42.1 Å². The van der Waals surface area contributed by atoms with E-state index in [2.05, 4.69) is 10.3 Å². The van der Waals surface area contributed by atoms with Gasteiger partial charge in [-0.1, -0.05) is 18.2 Å². The van der Waals surface area contributed by atoms with Crippen molar-refractivity contribution in [3.63, 3.8) is 0 Å². The van der Waals surface area contributed by atoms with Gasteiger partial charge in [0.1, 0.15) is 0 Å². The number of nitrogens with one attached hydrogen (secondary N) is 1. The molecule has 1 unspecified atom stereocenters. The van der Waals surface area contributed by atoms with Gasteiger partial charge in [0.15, 0.2) is 0 Å². The number of benzene rings is 1. The van der Waals surface area contributed by atoms with Crippen molar-refractivity contribution in [1.29, 1.82) is 0 Å². The number of fused-ring (bicyclic) bond motifs is 1. The number of aliphatic hydroxyl groups excluding tert-OH is 1. The highest BCUT2D eigenvalue weighted by Gasteiger charge is 2.14. The minimum Gasteiger partial charge on any atom is -0.394 e. The normalized spacial score (nSPS) is 12.2. The Labute approximate surface area is 118 Å². The SMILES string of the molecule is CC(CO)N(C)C(=O)NCc1ccnc2ccccc12. The van der Waals surface area contributed by atoms with Crippen molar-refractivity contribution in [1.82, 2.24) is 15.2 Å². The summed E-state index contributed by atoms with van der Waals surface area (Å²) in [7, 11) is 1.67. The van der Waals surface area contributed by atoms with Crippen molar-refractivity contribution in [2.24, 2.45) is 0 Å². The first kappa shape index (κ1) is 14.3. The molecule has 2 aromatic rings. The average molecular weight is 273 g/mol. The van der Waals surface area contributed by atoms with Crippen molar-refractivity contribution < 1.29 is 9.90 Å². The summed E-state index contributed by atoms with van der Waals surface area (Å²) in [6, 6.07) is 9.32. The van der Waals surface area contributed by atoms with Crippen LogP contribution in [0.5, 0.6) is 0 Å². The van der Waals surface area contributed by atoms with Crippen LogP contribution in [0.25, 0.3) is 10.9 Å². The number of aromatic nitrogens is 1. The van der Waals surface area contributed by atoms with Gasteiger partial charge in [0.2, 0.25) is 0 Å². The summed E-state index contributed by atoms with van der Waals surface area (Å²) in [4.78, 5) is 17.7. The molecular formula is C15H19N3O2. The summed E-state index contributed by atoms with van der Waals surface area (Å²) in [6.07, 6.45) is 1.74. The molecule has 0 spiro atoms. The Kier molecular flexibility index (Phi) is 4.53. The van der Waals surface area contributed by atoms with Crippen LogP contribution < -0.4 is 5.32 Å². The lowest BCUT2D eigenvalue weighted by atomic mass is 10.1. The summed E-state index contributed by atoms with van der Waals surface area (Å²) >= 11 is 0. The molecule has 0 aliphatic carbocycles. The van der Waals surface area contributed by atoms with Gasteiger partial charge in [0, 0.05) is 25.2 Å². The van der Waals surface area contributed by atoms with E-state index in [0.717, 1.165) is 16.5 Å². The Balaban J connectivity index is 2.08. The van der Waals surface area contributed by atoms with Crippen LogP contribution in [0.3, 0.4) is 0 Å². The molecule has 2 N–H and O–H groups in total. The zero-order valence-corrected chi connectivity index (χ0v) is 11.7. The lowest BCUT2D eigenvalue weighted by molar-refractivity contribution is 0.157. The first-order valence-electron chi connectivity index (χ1n) is 6.57. The van der Waals surface area contributed by atoms with Crippen LogP contribution in [0.1, 0.15) is 12.5 Å². The van der Waals surface area contributed by atoms with Crippen molar-refractivity contribution in [3.8, 4) is 0 Å². The quantitative estimate of drug-likeness (QED) is 0.892. The lowest BCUT2D eigenvalue weighted by Gasteiger charge is -2.23. The number of aliphatic hydroxyl groups is 1. The van der Waals surface area contributed by atoms with Gasteiger partial charge in [-0.2, -0.15) is 0 Å². The molecule has 0 saturated heterocycles. The molecule has 20 heavy (non-hydrogen) atoms. The van der Waals surface area contributed by atoms with E-state index in [1.807, 2.05) is 30.3 Å². The first-order chi connectivity index (χ1) is 9.63. The zero-order valence-electron chi connectivity index (χ0n) is 11.7. The molecule has 1 heterocycles. The van der Waals surface area contributed by atoms with E-state index in [1.54, 1.807) is 20.2 Å². The summed E-state index contributed by atoms with van der Waals surface area (Å²) in [6.45, 7) is 2.17. The summed E-state index contributed by atoms with van der Waals surface area (Å²) in [5.74, 6) is 0. The molecule has 0 radical (unpaired) electrons. The van der Waals surface area contributed by atoms with Crippen LogP contribution in [0.2, 0.25) is 0 Å². The average Bonchev–Trinajstić information content (AvgIpc) is 2.50. The molecule has 0 bridgehead atoms. The lowest BCUT2D eigenvalue weighted by Crippen LogP contribution is -2.43. The minimum atomic E-state index is -0.204. The summed E-state index contributed by atoms with van der Waals surface area (Å²) in [5, 5.41) is 12.9. The number of para-hydroxylation sites is 1. The second-order valence-corrected chi connectivity index (χ2v) is 4.79. The number of hydrogen-bond donors (Lipinski definition) is 2. The van der Waals surface area contributed by atoms with E-state index in [9.17, 15) is 4.79 Å². The number of carbonyl (C=O) groups excluding carboxylic acids is 1. The minimum absolute atomic E-state index is 0.0535. The van der Waals surface area contributed by atoms with Crippen molar-refractivity contribution in [2.45, 2.75) is 19.5 Å². The Morgan fingerprint density at radius 3 is 2.90 bits per heavy atom. The van der Waals surface area contributed by atoms with E-state index < -0.39 is 0 Å². The number of amides is 2. The second-order valence-electron chi connectivity index (χ2n) is 4.79. The van der Waals surface area contributed by atoms with Crippen LogP contribution in [-0.4, -0.2) is 40.7 Å².